The summed E-state index contributed by atoms with van der Waals surface area (Å²) in [5.41, 5.74) is 1.44. The number of hydrogen-bond acceptors (Lipinski definition) is 4. The maximum absolute atomic E-state index is 12.6. The van der Waals surface area contributed by atoms with Gasteiger partial charge in [0.05, 0.1) is 52.1 Å². The second-order valence-electron chi connectivity index (χ2n) is 7.55. The molecule has 1 aliphatic carbocycles. The Hall–Kier alpha value is -2.19. The van der Waals surface area contributed by atoms with Crippen molar-refractivity contribution in [1.82, 2.24) is 15.2 Å². The van der Waals surface area contributed by atoms with Gasteiger partial charge in [-0.3, -0.25) is 9.69 Å². The molecule has 0 radical (unpaired) electrons. The first-order valence-electron chi connectivity index (χ1n) is 9.80. The maximum Gasteiger partial charge on any atom is 0.417 e. The molecule has 4 nitrogen and oxygen atoms in total. The molecule has 1 fully saturated rings. The minimum absolute atomic E-state index is 0.123. The molecule has 2 heterocycles. The summed E-state index contributed by atoms with van der Waals surface area (Å²) in [7, 11) is 0. The lowest BCUT2D eigenvalue weighted by Gasteiger charge is -2.32. The molecule has 0 atom stereocenters. The summed E-state index contributed by atoms with van der Waals surface area (Å²) >= 11 is 1.14. The number of aromatic nitrogens is 1. The zero-order chi connectivity index (χ0) is 21.7. The molecule has 3 rings (SSSR count). The third-order valence-corrected chi connectivity index (χ3v) is 6.12. The van der Waals surface area contributed by atoms with Gasteiger partial charge in [-0.15, -0.1) is 0 Å². The Morgan fingerprint density at radius 1 is 1.37 bits per heavy atom. The van der Waals surface area contributed by atoms with Gasteiger partial charge >= 0.3 is 6.18 Å². The van der Waals surface area contributed by atoms with E-state index in [2.05, 4.69) is 40.9 Å². The number of hydrogen-bond donors (Lipinski definition) is 1. The second kappa shape index (κ2) is 9.75. The number of carbonyl (C=O) groups excluding carboxylic acids is 1. The largest absolute Gasteiger partial charge is 0.417 e. The third kappa shape index (κ3) is 6.40. The molecule has 2 aliphatic rings. The number of pyridine rings is 1. The fraction of sp³-hybridized carbons (Fsp3) is 0.409. The van der Waals surface area contributed by atoms with Gasteiger partial charge in [0, 0.05) is 38.3 Å². The number of rotatable bonds is 6. The van der Waals surface area contributed by atoms with Gasteiger partial charge in [-0.05, 0) is 25.0 Å². The SMILES string of the molecule is C=C1C=C[C+](CN2CCC(NC(=O)CSc3ccc(C(F)(F)F)cn3)CC2)C=C1C. The average Bonchev–Trinajstić information content (AvgIpc) is 2.70. The van der Waals surface area contributed by atoms with Gasteiger partial charge in [0.25, 0.3) is 0 Å². The van der Waals surface area contributed by atoms with E-state index < -0.39 is 11.7 Å². The lowest BCUT2D eigenvalue weighted by molar-refractivity contribution is -0.137. The van der Waals surface area contributed by atoms with Crippen molar-refractivity contribution in [1.29, 1.82) is 0 Å². The lowest BCUT2D eigenvalue weighted by Crippen LogP contribution is -2.46. The topological polar surface area (TPSA) is 45.2 Å². The van der Waals surface area contributed by atoms with Crippen molar-refractivity contribution in [3.63, 3.8) is 0 Å². The van der Waals surface area contributed by atoms with Gasteiger partial charge in [-0.25, -0.2) is 4.98 Å². The molecule has 8 heteroatoms. The Balaban J connectivity index is 1.37. The normalized spacial score (nSPS) is 18.5. The zero-order valence-corrected chi connectivity index (χ0v) is 17.7. The average molecular weight is 437 g/mol. The van der Waals surface area contributed by atoms with E-state index in [4.69, 9.17) is 0 Å². The van der Waals surface area contributed by atoms with Crippen LogP contribution in [-0.4, -0.2) is 47.2 Å². The first-order chi connectivity index (χ1) is 14.2. The Kier molecular flexibility index (Phi) is 7.31. The van der Waals surface area contributed by atoms with Crippen molar-refractivity contribution >= 4 is 17.7 Å². The Morgan fingerprint density at radius 2 is 2.10 bits per heavy atom. The van der Waals surface area contributed by atoms with Crippen LogP contribution in [0.2, 0.25) is 0 Å². The molecule has 0 saturated carbocycles. The Morgan fingerprint density at radius 3 is 2.70 bits per heavy atom. The van der Waals surface area contributed by atoms with Crippen LogP contribution >= 0.6 is 11.8 Å². The van der Waals surface area contributed by atoms with E-state index in [-0.39, 0.29) is 17.7 Å². The highest BCUT2D eigenvalue weighted by Crippen LogP contribution is 2.29. The zero-order valence-electron chi connectivity index (χ0n) is 16.8. The highest BCUT2D eigenvalue weighted by molar-refractivity contribution is 7.99. The van der Waals surface area contributed by atoms with Gasteiger partial charge in [-0.1, -0.05) is 18.3 Å². The smallest absolute Gasteiger partial charge is 0.353 e. The van der Waals surface area contributed by atoms with E-state index in [0.29, 0.717) is 5.03 Å². The number of piperidine rings is 1. The highest BCUT2D eigenvalue weighted by Gasteiger charge is 2.30. The predicted molar refractivity (Wildman–Crippen MR) is 113 cm³/mol. The maximum atomic E-state index is 12.6. The van der Waals surface area contributed by atoms with Crippen LogP contribution in [0.15, 0.2) is 59.3 Å². The quantitative estimate of drug-likeness (QED) is 0.530. The van der Waals surface area contributed by atoms with Crippen molar-refractivity contribution in [3.8, 4) is 0 Å². The molecule has 0 bridgehead atoms. The molecule has 1 aromatic rings. The van der Waals surface area contributed by atoms with Crippen LogP contribution < -0.4 is 5.32 Å². The van der Waals surface area contributed by atoms with Crippen molar-refractivity contribution < 1.29 is 18.0 Å². The van der Waals surface area contributed by atoms with Gasteiger partial charge in [0.2, 0.25) is 5.91 Å². The molecule has 1 aliphatic heterocycles. The summed E-state index contributed by atoms with van der Waals surface area (Å²) in [4.78, 5) is 18.3. The first-order valence-corrected chi connectivity index (χ1v) is 10.8. The van der Waals surface area contributed by atoms with Gasteiger partial charge in [-0.2, -0.15) is 13.2 Å². The van der Waals surface area contributed by atoms with Gasteiger partial charge in [0.15, 0.2) is 0 Å². The van der Waals surface area contributed by atoms with Crippen LogP contribution in [0.25, 0.3) is 0 Å². The van der Waals surface area contributed by atoms with Crippen molar-refractivity contribution in [2.75, 3.05) is 25.4 Å². The van der Waals surface area contributed by atoms with Crippen LogP contribution in [0.3, 0.4) is 0 Å². The lowest BCUT2D eigenvalue weighted by atomic mass is 9.94. The number of nitrogens with zero attached hydrogens (tertiary/aromatic N) is 2. The number of thioether (sulfide) groups is 1. The molecule has 1 saturated heterocycles. The summed E-state index contributed by atoms with van der Waals surface area (Å²) in [6, 6.07) is 2.40. The monoisotopic (exact) mass is 436 g/mol. The minimum atomic E-state index is -4.40. The third-order valence-electron chi connectivity index (χ3n) is 5.18. The second-order valence-corrected chi connectivity index (χ2v) is 8.55. The summed E-state index contributed by atoms with van der Waals surface area (Å²) in [6.07, 6.45) is 4.46. The predicted octanol–water partition coefficient (Wildman–Crippen LogP) is 4.42. The molecule has 30 heavy (non-hydrogen) atoms. The molecule has 0 unspecified atom stereocenters. The van der Waals surface area contributed by atoms with E-state index in [0.717, 1.165) is 62.1 Å². The molecular weight excluding hydrogens is 411 g/mol. The summed E-state index contributed by atoms with van der Waals surface area (Å²) < 4.78 is 37.7. The van der Waals surface area contributed by atoms with Crippen molar-refractivity contribution in [2.24, 2.45) is 0 Å². The Bertz CT molecular complexity index is 825. The van der Waals surface area contributed by atoms with E-state index in [1.807, 2.05) is 6.08 Å². The molecule has 0 aromatic carbocycles. The standard InChI is InChI=1S/C22H24F3N3OS/c1-15-3-4-17(11-16(15)2)13-28-9-7-19(8-10-28)27-20(29)14-30-21-6-5-18(12-26-21)22(23,24)25/h3-6,11-12,19H,1,7-10,13-14H2,2H3/p+1. The minimum Gasteiger partial charge on any atom is -0.353 e. The van der Waals surface area contributed by atoms with Gasteiger partial charge in [0.1, 0.15) is 0 Å². The van der Waals surface area contributed by atoms with Crippen LogP contribution in [0.5, 0.6) is 0 Å². The van der Waals surface area contributed by atoms with Crippen LogP contribution in [0.4, 0.5) is 13.2 Å². The summed E-state index contributed by atoms with van der Waals surface area (Å²) in [5, 5.41) is 3.42. The van der Waals surface area contributed by atoms with E-state index in [9.17, 15) is 18.0 Å². The number of amides is 1. The van der Waals surface area contributed by atoms with Crippen LogP contribution in [-0.2, 0) is 11.0 Å². The molecule has 1 N–H and O–H groups in total. The number of halogens is 3. The van der Waals surface area contributed by atoms with E-state index in [1.165, 1.54) is 17.6 Å². The number of alkyl halides is 3. The molecule has 1 aromatic heterocycles. The van der Waals surface area contributed by atoms with Crippen molar-refractivity contribution in [2.45, 2.75) is 37.0 Å². The molecule has 160 valence electrons. The van der Waals surface area contributed by atoms with E-state index in [1.54, 1.807) is 0 Å². The van der Waals surface area contributed by atoms with Crippen LogP contribution in [0, 0.1) is 5.92 Å². The molecule has 0 spiro atoms. The van der Waals surface area contributed by atoms with Gasteiger partial charge < -0.3 is 5.32 Å². The van der Waals surface area contributed by atoms with E-state index >= 15 is 0 Å². The van der Waals surface area contributed by atoms with Crippen molar-refractivity contribution in [3.05, 3.63) is 65.8 Å². The highest BCUT2D eigenvalue weighted by atomic mass is 32.2. The number of allylic oxidation sites excluding steroid dienone is 3. The fourth-order valence-corrected chi connectivity index (χ4v) is 4.05. The number of nitrogens with one attached hydrogen (secondary N) is 1. The summed E-state index contributed by atoms with van der Waals surface area (Å²) in [5.74, 6) is 1.28. The fourth-order valence-electron chi connectivity index (χ4n) is 3.39. The molecule has 1 amide bonds. The number of likely N-dealkylation sites (tertiary alicyclic amines) is 1. The van der Waals surface area contributed by atoms with Crippen LogP contribution in [0.1, 0.15) is 25.3 Å². The Labute approximate surface area is 179 Å². The molecular formula is C22H25F3N3OS+. The summed E-state index contributed by atoms with van der Waals surface area (Å²) in [6.45, 7) is 8.75. The number of carbonyl (C=O) groups is 1. The first kappa shape index (κ1) is 22.5.